The first-order chi connectivity index (χ1) is 11.2. The number of hydrogen-bond donors (Lipinski definition) is 2. The van der Waals surface area contributed by atoms with E-state index in [9.17, 15) is 14.4 Å². The first-order valence-electron chi connectivity index (χ1n) is 8.18. The predicted octanol–water partition coefficient (Wildman–Crippen LogP) is 3.50. The number of anilines is 1. The van der Waals surface area contributed by atoms with Crippen molar-refractivity contribution >= 4 is 34.2 Å². The van der Waals surface area contributed by atoms with Gasteiger partial charge in [-0.3, -0.25) is 14.9 Å². The average molecular weight is 352 g/mol. The fourth-order valence-corrected chi connectivity index (χ4v) is 3.79. The van der Waals surface area contributed by atoms with Gasteiger partial charge in [-0.15, -0.1) is 11.3 Å². The number of fused-ring (bicyclic) bond motifs is 1. The van der Waals surface area contributed by atoms with Gasteiger partial charge < -0.3 is 10.1 Å². The molecule has 6 nitrogen and oxygen atoms in total. The van der Waals surface area contributed by atoms with Gasteiger partial charge in [0.1, 0.15) is 5.00 Å². The van der Waals surface area contributed by atoms with Crippen molar-refractivity contribution in [2.24, 2.45) is 5.41 Å². The van der Waals surface area contributed by atoms with Crippen LogP contribution in [0.15, 0.2) is 0 Å². The largest absolute Gasteiger partial charge is 0.450 e. The lowest BCUT2D eigenvalue weighted by Gasteiger charge is -2.18. The molecule has 0 fully saturated rings. The molecule has 2 rings (SSSR count). The molecule has 7 heteroatoms. The molecule has 0 aromatic carbocycles. The van der Waals surface area contributed by atoms with Crippen molar-refractivity contribution in [3.63, 3.8) is 0 Å². The molecule has 0 saturated carbocycles. The summed E-state index contributed by atoms with van der Waals surface area (Å²) < 4.78 is 4.78. The monoisotopic (exact) mass is 352 g/mol. The highest BCUT2D eigenvalue weighted by molar-refractivity contribution is 7.17. The molecular formula is C17H24N2O4S. The number of aryl methyl sites for hydroxylation is 1. The lowest BCUT2D eigenvalue weighted by molar-refractivity contribution is -0.123. The van der Waals surface area contributed by atoms with E-state index < -0.39 is 17.4 Å². The Morgan fingerprint density at radius 1 is 1.17 bits per heavy atom. The number of amides is 3. The van der Waals surface area contributed by atoms with Crippen molar-refractivity contribution in [1.29, 1.82) is 0 Å². The fraction of sp³-hybridized carbons (Fsp3) is 0.588. The van der Waals surface area contributed by atoms with E-state index in [1.165, 1.54) is 11.3 Å². The van der Waals surface area contributed by atoms with Crippen LogP contribution in [0.5, 0.6) is 0 Å². The number of imide groups is 1. The van der Waals surface area contributed by atoms with Crippen molar-refractivity contribution in [3.05, 3.63) is 16.0 Å². The molecule has 0 bridgehead atoms. The second-order valence-corrected chi connectivity index (χ2v) is 7.90. The van der Waals surface area contributed by atoms with Crippen LogP contribution < -0.4 is 10.6 Å². The fourth-order valence-electron chi connectivity index (χ4n) is 2.51. The van der Waals surface area contributed by atoms with Crippen LogP contribution in [0.3, 0.4) is 0 Å². The molecule has 0 saturated heterocycles. The third-order valence-corrected chi connectivity index (χ3v) is 5.00. The predicted molar refractivity (Wildman–Crippen MR) is 93.5 cm³/mol. The van der Waals surface area contributed by atoms with Crippen LogP contribution in [0.2, 0.25) is 0 Å². The molecule has 1 heterocycles. The van der Waals surface area contributed by atoms with E-state index in [1.54, 1.807) is 6.92 Å². The highest BCUT2D eigenvalue weighted by atomic mass is 32.1. The standard InChI is InChI=1S/C17H24N2O4S/c1-5-23-16(22)18-13(20)12-10-8-6-7-9-11(10)24-14(12)19-15(21)17(2,3)4/h5-9H2,1-4H3,(H,19,21)(H,18,20,22). The van der Waals surface area contributed by atoms with Crippen molar-refractivity contribution in [2.45, 2.75) is 53.4 Å². The van der Waals surface area contributed by atoms with Gasteiger partial charge in [0, 0.05) is 10.3 Å². The summed E-state index contributed by atoms with van der Waals surface area (Å²) in [5.74, 6) is -0.677. The van der Waals surface area contributed by atoms with E-state index in [2.05, 4.69) is 10.6 Å². The second kappa shape index (κ2) is 7.34. The maximum Gasteiger partial charge on any atom is 0.414 e. The third-order valence-electron chi connectivity index (χ3n) is 3.80. The SMILES string of the molecule is CCOC(=O)NC(=O)c1c(NC(=O)C(C)(C)C)sc2c1CCCC2. The molecule has 0 unspecified atom stereocenters. The summed E-state index contributed by atoms with van der Waals surface area (Å²) in [6, 6.07) is 0. The van der Waals surface area contributed by atoms with Crippen LogP contribution >= 0.6 is 11.3 Å². The van der Waals surface area contributed by atoms with Crippen molar-refractivity contribution in [1.82, 2.24) is 5.32 Å². The number of carbonyl (C=O) groups excluding carboxylic acids is 3. The molecule has 0 radical (unpaired) electrons. The summed E-state index contributed by atoms with van der Waals surface area (Å²) in [6.45, 7) is 7.30. The molecule has 2 N–H and O–H groups in total. The van der Waals surface area contributed by atoms with Gasteiger partial charge in [0.05, 0.1) is 12.2 Å². The average Bonchev–Trinajstić information content (AvgIpc) is 2.84. The maximum atomic E-state index is 12.6. The van der Waals surface area contributed by atoms with Gasteiger partial charge in [-0.05, 0) is 38.2 Å². The first kappa shape index (κ1) is 18.4. The van der Waals surface area contributed by atoms with Gasteiger partial charge in [0.25, 0.3) is 5.91 Å². The first-order valence-corrected chi connectivity index (χ1v) is 8.99. The minimum absolute atomic E-state index is 0.161. The molecule has 3 amide bonds. The van der Waals surface area contributed by atoms with Crippen LogP contribution in [0.1, 0.15) is 61.3 Å². The number of hydrogen-bond acceptors (Lipinski definition) is 5. The number of carbonyl (C=O) groups is 3. The van der Waals surface area contributed by atoms with Gasteiger partial charge in [0.2, 0.25) is 5.91 Å². The van der Waals surface area contributed by atoms with Crippen molar-refractivity contribution in [3.8, 4) is 0 Å². The highest BCUT2D eigenvalue weighted by Gasteiger charge is 2.29. The quantitative estimate of drug-likeness (QED) is 0.872. The Hall–Kier alpha value is -1.89. The van der Waals surface area contributed by atoms with Crippen LogP contribution in [0, 0.1) is 5.41 Å². The molecule has 0 aliphatic heterocycles. The number of thiophene rings is 1. The summed E-state index contributed by atoms with van der Waals surface area (Å²) >= 11 is 1.43. The lowest BCUT2D eigenvalue weighted by atomic mass is 9.94. The Balaban J connectivity index is 2.33. The Kier molecular flexibility index (Phi) is 5.64. The number of alkyl carbamates (subject to hydrolysis) is 1. The van der Waals surface area contributed by atoms with E-state index in [1.807, 2.05) is 20.8 Å². The summed E-state index contributed by atoms with van der Waals surface area (Å²) in [4.78, 5) is 37.6. The van der Waals surface area contributed by atoms with Crippen LogP contribution in [0.4, 0.5) is 9.80 Å². The number of rotatable bonds is 3. The van der Waals surface area contributed by atoms with Gasteiger partial charge >= 0.3 is 6.09 Å². The van der Waals surface area contributed by atoms with Crippen LogP contribution in [-0.4, -0.2) is 24.5 Å². The third kappa shape index (κ3) is 4.14. The Morgan fingerprint density at radius 3 is 2.46 bits per heavy atom. The highest BCUT2D eigenvalue weighted by Crippen LogP contribution is 2.38. The minimum Gasteiger partial charge on any atom is -0.450 e. The summed E-state index contributed by atoms with van der Waals surface area (Å²) in [5.41, 5.74) is 0.775. The molecule has 24 heavy (non-hydrogen) atoms. The molecule has 1 aromatic rings. The van der Waals surface area contributed by atoms with Crippen LogP contribution in [-0.2, 0) is 22.4 Å². The molecule has 132 valence electrons. The van der Waals surface area contributed by atoms with Gasteiger partial charge in [-0.1, -0.05) is 20.8 Å². The zero-order valence-corrected chi connectivity index (χ0v) is 15.4. The van der Waals surface area contributed by atoms with E-state index in [-0.39, 0.29) is 12.5 Å². The molecule has 0 spiro atoms. The summed E-state index contributed by atoms with van der Waals surface area (Å²) in [6.07, 6.45) is 2.97. The smallest absolute Gasteiger partial charge is 0.414 e. The zero-order valence-electron chi connectivity index (χ0n) is 14.6. The summed E-state index contributed by atoms with van der Waals surface area (Å²) in [5, 5.41) is 5.62. The Bertz CT molecular complexity index is 658. The van der Waals surface area contributed by atoms with E-state index in [4.69, 9.17) is 4.74 Å². The van der Waals surface area contributed by atoms with Crippen molar-refractivity contribution < 1.29 is 19.1 Å². The minimum atomic E-state index is -0.772. The maximum absolute atomic E-state index is 12.6. The molecule has 1 aliphatic rings. The topological polar surface area (TPSA) is 84.5 Å². The van der Waals surface area contributed by atoms with Crippen molar-refractivity contribution in [2.75, 3.05) is 11.9 Å². The van der Waals surface area contributed by atoms with Gasteiger partial charge in [0.15, 0.2) is 0 Å². The lowest BCUT2D eigenvalue weighted by Crippen LogP contribution is -2.33. The number of nitrogens with one attached hydrogen (secondary N) is 2. The van der Waals surface area contributed by atoms with E-state index in [0.29, 0.717) is 10.6 Å². The van der Waals surface area contributed by atoms with E-state index >= 15 is 0 Å². The number of ether oxygens (including phenoxy) is 1. The van der Waals surface area contributed by atoms with Gasteiger partial charge in [-0.25, -0.2) is 4.79 Å². The Morgan fingerprint density at radius 2 is 1.83 bits per heavy atom. The van der Waals surface area contributed by atoms with Gasteiger partial charge in [-0.2, -0.15) is 0 Å². The summed E-state index contributed by atoms with van der Waals surface area (Å²) in [7, 11) is 0. The molecule has 1 aliphatic carbocycles. The molecular weight excluding hydrogens is 328 g/mol. The molecule has 1 aromatic heterocycles. The van der Waals surface area contributed by atoms with Crippen LogP contribution in [0.25, 0.3) is 0 Å². The zero-order chi connectivity index (χ0) is 17.9. The normalized spacial score (nSPS) is 13.8. The second-order valence-electron chi connectivity index (χ2n) is 6.79. The van der Waals surface area contributed by atoms with E-state index in [0.717, 1.165) is 36.1 Å². The Labute approximate surface area is 146 Å². The molecule has 0 atom stereocenters.